The quantitative estimate of drug-likeness (QED) is 0.707. The van der Waals surface area contributed by atoms with Crippen LogP contribution in [0.25, 0.3) is 0 Å². The molecular formula is C19H31N3O+2. The first-order valence-electron chi connectivity index (χ1n) is 9.25. The van der Waals surface area contributed by atoms with Crippen molar-refractivity contribution >= 4 is 11.6 Å². The minimum Gasteiger partial charge on any atom is -0.328 e. The van der Waals surface area contributed by atoms with Crippen LogP contribution < -0.4 is 15.1 Å². The summed E-state index contributed by atoms with van der Waals surface area (Å²) in [6.07, 6.45) is 5.99. The van der Waals surface area contributed by atoms with Crippen LogP contribution in [0.4, 0.5) is 5.69 Å². The highest BCUT2D eigenvalue weighted by Crippen LogP contribution is 2.34. The Morgan fingerprint density at radius 2 is 1.74 bits per heavy atom. The summed E-state index contributed by atoms with van der Waals surface area (Å²) >= 11 is 0. The number of nitrogens with one attached hydrogen (secondary N) is 3. The fourth-order valence-electron chi connectivity index (χ4n) is 3.89. The average Bonchev–Trinajstić information content (AvgIpc) is 3.09. The number of likely N-dealkylation sites (N-methyl/N-ethyl adjacent to an activating group) is 1. The summed E-state index contributed by atoms with van der Waals surface area (Å²) in [5.74, 6) is 0.889. The molecule has 1 saturated carbocycles. The average molecular weight is 317 g/mol. The van der Waals surface area contributed by atoms with Gasteiger partial charge in [0.25, 0.3) is 0 Å². The summed E-state index contributed by atoms with van der Waals surface area (Å²) in [4.78, 5) is 15.3. The van der Waals surface area contributed by atoms with E-state index in [4.69, 9.17) is 0 Å². The molecule has 1 aromatic rings. The molecule has 1 heterocycles. The Balaban J connectivity index is 1.42. The standard InChI is InChI=1S/C19H29N3O/c1-21-12-14-22(15-13-21)11-10-19(23)20-18-8-6-17(7-9-18)16-4-2-3-5-16/h6-9,16H,2-5,10-15H2,1H3,(H,20,23)/p+2. The number of amides is 1. The summed E-state index contributed by atoms with van der Waals surface area (Å²) in [7, 11) is 2.25. The highest BCUT2D eigenvalue weighted by atomic mass is 16.1. The highest BCUT2D eigenvalue weighted by Gasteiger charge is 2.20. The second kappa shape index (κ2) is 7.93. The fraction of sp³-hybridized carbons (Fsp3) is 0.632. The molecule has 1 amide bonds. The minimum atomic E-state index is 0.150. The van der Waals surface area contributed by atoms with Gasteiger partial charge in [-0.3, -0.25) is 4.79 Å². The van der Waals surface area contributed by atoms with Crippen molar-refractivity contribution in [3.63, 3.8) is 0 Å². The van der Waals surface area contributed by atoms with Gasteiger partial charge < -0.3 is 15.1 Å². The Kier molecular flexibility index (Phi) is 5.68. The zero-order chi connectivity index (χ0) is 16.1. The normalized spacial score (nSPS) is 25.4. The summed E-state index contributed by atoms with van der Waals surface area (Å²) in [5, 5.41) is 3.05. The molecular weight excluding hydrogens is 286 g/mol. The van der Waals surface area contributed by atoms with Crippen molar-refractivity contribution in [1.82, 2.24) is 0 Å². The first-order valence-corrected chi connectivity index (χ1v) is 9.25. The van der Waals surface area contributed by atoms with Gasteiger partial charge in [-0.2, -0.15) is 0 Å². The first-order chi connectivity index (χ1) is 11.2. The second-order valence-corrected chi connectivity index (χ2v) is 7.36. The zero-order valence-corrected chi connectivity index (χ0v) is 14.4. The highest BCUT2D eigenvalue weighted by molar-refractivity contribution is 5.90. The molecule has 1 aliphatic heterocycles. The lowest BCUT2D eigenvalue weighted by molar-refractivity contribution is -1.00. The van der Waals surface area contributed by atoms with Crippen molar-refractivity contribution in [2.45, 2.75) is 38.0 Å². The Labute approximate surface area is 139 Å². The Hall–Kier alpha value is -1.39. The van der Waals surface area contributed by atoms with Gasteiger partial charge in [-0.1, -0.05) is 25.0 Å². The van der Waals surface area contributed by atoms with Crippen molar-refractivity contribution in [2.75, 3.05) is 45.1 Å². The molecule has 4 heteroatoms. The first kappa shape index (κ1) is 16.5. The molecule has 0 radical (unpaired) electrons. The van der Waals surface area contributed by atoms with Crippen LogP contribution in [0.1, 0.15) is 43.6 Å². The topological polar surface area (TPSA) is 38.0 Å². The van der Waals surface area contributed by atoms with E-state index in [1.807, 2.05) is 0 Å². The lowest BCUT2D eigenvalue weighted by Gasteiger charge is -2.27. The molecule has 0 aromatic heterocycles. The molecule has 3 rings (SSSR count). The van der Waals surface area contributed by atoms with Crippen LogP contribution in [0.3, 0.4) is 0 Å². The number of carbonyl (C=O) groups excluding carboxylic acids is 1. The van der Waals surface area contributed by atoms with Crippen LogP contribution in [-0.2, 0) is 4.79 Å². The largest absolute Gasteiger partial charge is 0.328 e. The maximum Gasteiger partial charge on any atom is 0.230 e. The third kappa shape index (κ3) is 4.79. The van der Waals surface area contributed by atoms with Crippen molar-refractivity contribution in [1.29, 1.82) is 0 Å². The van der Waals surface area contributed by atoms with Crippen LogP contribution in [0.2, 0.25) is 0 Å². The van der Waals surface area contributed by atoms with E-state index in [0.29, 0.717) is 6.42 Å². The predicted octanol–water partition coefficient (Wildman–Crippen LogP) is 0.0860. The van der Waals surface area contributed by atoms with Crippen LogP contribution in [0, 0.1) is 0 Å². The lowest BCUT2D eigenvalue weighted by Crippen LogP contribution is -3.27. The number of rotatable bonds is 5. The van der Waals surface area contributed by atoms with Crippen molar-refractivity contribution < 1.29 is 14.6 Å². The van der Waals surface area contributed by atoms with E-state index in [0.717, 1.165) is 18.2 Å². The third-order valence-electron chi connectivity index (χ3n) is 5.54. The number of hydrogen-bond acceptors (Lipinski definition) is 1. The predicted molar refractivity (Wildman–Crippen MR) is 93.1 cm³/mol. The van der Waals surface area contributed by atoms with Gasteiger partial charge in [-0.05, 0) is 36.5 Å². The maximum absolute atomic E-state index is 12.1. The molecule has 2 fully saturated rings. The molecule has 1 aromatic carbocycles. The Morgan fingerprint density at radius 1 is 1.09 bits per heavy atom. The summed E-state index contributed by atoms with van der Waals surface area (Å²) < 4.78 is 0. The Bertz CT molecular complexity index is 500. The minimum absolute atomic E-state index is 0.150. The summed E-state index contributed by atoms with van der Waals surface area (Å²) in [5.41, 5.74) is 2.37. The SMILES string of the molecule is C[NH+]1CC[NH+](CCC(=O)Nc2ccc(C3CCCC3)cc2)CC1. The summed E-state index contributed by atoms with van der Waals surface area (Å²) in [6, 6.07) is 8.52. The molecule has 4 nitrogen and oxygen atoms in total. The lowest BCUT2D eigenvalue weighted by atomic mass is 9.97. The van der Waals surface area contributed by atoms with Gasteiger partial charge in [-0.25, -0.2) is 0 Å². The van der Waals surface area contributed by atoms with Crippen LogP contribution in [0.15, 0.2) is 24.3 Å². The number of carbonyl (C=O) groups is 1. The van der Waals surface area contributed by atoms with Gasteiger partial charge in [0.15, 0.2) is 0 Å². The van der Waals surface area contributed by atoms with Gasteiger partial charge in [0.1, 0.15) is 26.2 Å². The molecule has 0 spiro atoms. The molecule has 2 aliphatic rings. The van der Waals surface area contributed by atoms with Gasteiger partial charge >= 0.3 is 0 Å². The smallest absolute Gasteiger partial charge is 0.230 e. The van der Waals surface area contributed by atoms with Crippen LogP contribution >= 0.6 is 0 Å². The molecule has 1 aliphatic carbocycles. The van der Waals surface area contributed by atoms with E-state index in [-0.39, 0.29) is 5.91 Å². The molecule has 1 saturated heterocycles. The maximum atomic E-state index is 12.1. The molecule has 3 N–H and O–H groups in total. The van der Waals surface area contributed by atoms with Gasteiger partial charge in [-0.15, -0.1) is 0 Å². The van der Waals surface area contributed by atoms with E-state index in [9.17, 15) is 4.79 Å². The van der Waals surface area contributed by atoms with Gasteiger partial charge in [0, 0.05) is 5.69 Å². The van der Waals surface area contributed by atoms with Crippen molar-refractivity contribution in [2.24, 2.45) is 0 Å². The number of anilines is 1. The number of hydrogen-bond donors (Lipinski definition) is 3. The summed E-state index contributed by atoms with van der Waals surface area (Å²) in [6.45, 7) is 5.78. The number of piperazine rings is 1. The molecule has 0 bridgehead atoms. The van der Waals surface area contributed by atoms with E-state index in [1.165, 1.54) is 57.4 Å². The zero-order valence-electron chi connectivity index (χ0n) is 14.4. The van der Waals surface area contributed by atoms with E-state index in [1.54, 1.807) is 9.80 Å². The van der Waals surface area contributed by atoms with E-state index < -0.39 is 0 Å². The molecule has 23 heavy (non-hydrogen) atoms. The molecule has 126 valence electrons. The second-order valence-electron chi connectivity index (χ2n) is 7.36. The van der Waals surface area contributed by atoms with Crippen molar-refractivity contribution in [3.05, 3.63) is 29.8 Å². The third-order valence-corrected chi connectivity index (χ3v) is 5.54. The van der Waals surface area contributed by atoms with Gasteiger partial charge in [0.05, 0.1) is 20.0 Å². The number of benzene rings is 1. The molecule has 0 unspecified atom stereocenters. The van der Waals surface area contributed by atoms with Crippen molar-refractivity contribution in [3.8, 4) is 0 Å². The fourth-order valence-corrected chi connectivity index (χ4v) is 3.89. The van der Waals surface area contributed by atoms with E-state index in [2.05, 4.69) is 36.6 Å². The number of quaternary nitrogens is 2. The van der Waals surface area contributed by atoms with Crippen LogP contribution in [-0.4, -0.2) is 45.7 Å². The molecule has 0 atom stereocenters. The monoisotopic (exact) mass is 317 g/mol. The Morgan fingerprint density at radius 3 is 2.39 bits per heavy atom. The van der Waals surface area contributed by atoms with Crippen LogP contribution in [0.5, 0.6) is 0 Å². The van der Waals surface area contributed by atoms with Gasteiger partial charge in [0.2, 0.25) is 5.91 Å². The van der Waals surface area contributed by atoms with E-state index >= 15 is 0 Å².